The number of nitriles is 1. The van der Waals surface area contributed by atoms with Crippen molar-refractivity contribution in [1.82, 2.24) is 9.88 Å². The number of aryl methyl sites for hydroxylation is 1. The van der Waals surface area contributed by atoms with Gasteiger partial charge in [0.05, 0.1) is 24.8 Å². The van der Waals surface area contributed by atoms with Gasteiger partial charge in [-0.05, 0) is 31.5 Å². The predicted molar refractivity (Wildman–Crippen MR) is 137 cm³/mol. The van der Waals surface area contributed by atoms with Crippen LogP contribution < -0.4 is 10.2 Å². The smallest absolute Gasteiger partial charge is 0.341 e. The van der Waals surface area contributed by atoms with E-state index in [0.29, 0.717) is 42.3 Å². The maximum atomic E-state index is 12.9. The van der Waals surface area contributed by atoms with Crippen LogP contribution in [0.25, 0.3) is 11.1 Å². The highest BCUT2D eigenvalue weighted by Gasteiger charge is 2.25. The Labute approximate surface area is 208 Å². The first kappa shape index (κ1) is 24.4. The Hall–Kier alpha value is -3.74. The Morgan fingerprint density at radius 2 is 1.91 bits per heavy atom. The summed E-state index contributed by atoms with van der Waals surface area (Å²) in [6, 6.07) is 13.5. The minimum atomic E-state index is -0.444. The maximum absolute atomic E-state index is 12.9. The zero-order valence-electron chi connectivity index (χ0n) is 19.8. The quantitative estimate of drug-likeness (QED) is 0.502. The largest absolute Gasteiger partial charge is 0.462 e. The molecule has 0 saturated carbocycles. The number of hydrogen-bond donors (Lipinski definition) is 1. The summed E-state index contributed by atoms with van der Waals surface area (Å²) in [5.41, 5.74) is 3.76. The van der Waals surface area contributed by atoms with Crippen LogP contribution in [0.3, 0.4) is 0 Å². The monoisotopic (exact) mass is 489 g/mol. The summed E-state index contributed by atoms with van der Waals surface area (Å²) in [5.74, 6) is 0.153. The van der Waals surface area contributed by atoms with Gasteiger partial charge in [-0.15, -0.1) is 11.3 Å². The van der Waals surface area contributed by atoms with Gasteiger partial charge in [-0.3, -0.25) is 9.69 Å². The number of carbonyl (C=O) groups is 2. The van der Waals surface area contributed by atoms with E-state index in [4.69, 9.17) is 10.00 Å². The van der Waals surface area contributed by atoms with Crippen LogP contribution >= 0.6 is 11.3 Å². The Kier molecular flexibility index (Phi) is 7.75. The first-order valence-corrected chi connectivity index (χ1v) is 12.4. The van der Waals surface area contributed by atoms with Crippen molar-refractivity contribution in [2.75, 3.05) is 49.5 Å². The fraction of sp³-hybridized carbons (Fsp3) is 0.308. The molecule has 1 aromatic carbocycles. The third kappa shape index (κ3) is 5.85. The summed E-state index contributed by atoms with van der Waals surface area (Å²) in [6.45, 7) is 7.05. The molecule has 9 heteroatoms. The van der Waals surface area contributed by atoms with Crippen molar-refractivity contribution in [2.24, 2.45) is 0 Å². The lowest BCUT2D eigenvalue weighted by Crippen LogP contribution is -2.49. The van der Waals surface area contributed by atoms with E-state index >= 15 is 0 Å². The molecule has 0 radical (unpaired) electrons. The van der Waals surface area contributed by atoms with Crippen LogP contribution in [0.5, 0.6) is 0 Å². The van der Waals surface area contributed by atoms with Crippen molar-refractivity contribution in [3.8, 4) is 17.2 Å². The van der Waals surface area contributed by atoms with Gasteiger partial charge in [0.25, 0.3) is 0 Å². The zero-order valence-corrected chi connectivity index (χ0v) is 20.6. The Balaban J connectivity index is 1.41. The molecule has 1 aliphatic rings. The Morgan fingerprint density at radius 1 is 1.17 bits per heavy atom. The average molecular weight is 490 g/mol. The van der Waals surface area contributed by atoms with Crippen LogP contribution in [0.15, 0.2) is 48.0 Å². The highest BCUT2D eigenvalue weighted by atomic mass is 32.1. The summed E-state index contributed by atoms with van der Waals surface area (Å²) in [5, 5.41) is 14.4. The second-order valence-corrected chi connectivity index (χ2v) is 9.15. The average Bonchev–Trinajstić information content (AvgIpc) is 3.28. The van der Waals surface area contributed by atoms with Crippen LogP contribution in [0.1, 0.15) is 28.4 Å². The number of pyridine rings is 1. The van der Waals surface area contributed by atoms with Gasteiger partial charge in [-0.2, -0.15) is 5.26 Å². The van der Waals surface area contributed by atoms with E-state index in [-0.39, 0.29) is 19.1 Å². The fourth-order valence-corrected chi connectivity index (χ4v) is 4.94. The lowest BCUT2D eigenvalue weighted by molar-refractivity contribution is -0.117. The highest BCUT2D eigenvalue weighted by Crippen LogP contribution is 2.36. The lowest BCUT2D eigenvalue weighted by Gasteiger charge is -2.35. The normalized spacial score (nSPS) is 13.8. The minimum Gasteiger partial charge on any atom is -0.462 e. The molecule has 0 bridgehead atoms. The van der Waals surface area contributed by atoms with Crippen molar-refractivity contribution in [2.45, 2.75) is 13.8 Å². The first-order valence-electron chi connectivity index (χ1n) is 11.5. The summed E-state index contributed by atoms with van der Waals surface area (Å²) in [6.07, 6.45) is 1.64. The number of anilines is 2. The summed E-state index contributed by atoms with van der Waals surface area (Å²) >= 11 is 1.33. The number of rotatable bonds is 7. The minimum absolute atomic E-state index is 0.175. The number of ether oxygens (including phenoxy) is 1. The van der Waals surface area contributed by atoms with E-state index in [9.17, 15) is 9.59 Å². The lowest BCUT2D eigenvalue weighted by atomic mass is 10.0. The van der Waals surface area contributed by atoms with Gasteiger partial charge in [0, 0.05) is 43.3 Å². The summed E-state index contributed by atoms with van der Waals surface area (Å²) in [7, 11) is 0. The number of thiophene rings is 1. The topological polar surface area (TPSA) is 98.6 Å². The number of benzene rings is 1. The molecule has 35 heavy (non-hydrogen) atoms. The number of esters is 1. The molecule has 8 nitrogen and oxygen atoms in total. The van der Waals surface area contributed by atoms with Gasteiger partial charge in [0.1, 0.15) is 16.4 Å². The molecule has 0 spiro atoms. The van der Waals surface area contributed by atoms with Gasteiger partial charge < -0.3 is 15.0 Å². The van der Waals surface area contributed by atoms with E-state index < -0.39 is 5.97 Å². The highest BCUT2D eigenvalue weighted by molar-refractivity contribution is 7.15. The number of amides is 1. The van der Waals surface area contributed by atoms with E-state index in [1.165, 1.54) is 11.3 Å². The summed E-state index contributed by atoms with van der Waals surface area (Å²) in [4.78, 5) is 34.2. The third-order valence-corrected chi connectivity index (χ3v) is 6.72. The van der Waals surface area contributed by atoms with Crippen molar-refractivity contribution >= 4 is 34.0 Å². The van der Waals surface area contributed by atoms with E-state index in [1.54, 1.807) is 25.3 Å². The van der Waals surface area contributed by atoms with E-state index in [1.807, 2.05) is 36.6 Å². The molecular weight excluding hydrogens is 462 g/mol. The molecule has 1 N–H and O–H groups in total. The number of carbonyl (C=O) groups excluding carboxylic acids is 2. The standard InChI is InChI=1S/C26H27N5O3S/c1-3-34-26(33)24-21(20-6-4-18(2)5-7-20)17-35-25(24)29-23(32)16-30-10-12-31(13-11-30)22-14-19(15-27)8-9-28-22/h4-9,14,17H,3,10-13,16H2,1-2H3,(H,29,32). The van der Waals surface area contributed by atoms with Crippen LogP contribution in [0, 0.1) is 18.3 Å². The Bertz CT molecular complexity index is 1240. The first-order chi connectivity index (χ1) is 17.0. The molecule has 0 atom stereocenters. The molecule has 4 rings (SSSR count). The van der Waals surface area contributed by atoms with Crippen molar-refractivity contribution in [1.29, 1.82) is 5.26 Å². The molecule has 1 aliphatic heterocycles. The van der Waals surface area contributed by atoms with Crippen LogP contribution in [0.4, 0.5) is 10.8 Å². The summed E-state index contributed by atoms with van der Waals surface area (Å²) < 4.78 is 5.29. The molecule has 3 heterocycles. The molecule has 1 amide bonds. The maximum Gasteiger partial charge on any atom is 0.341 e. The fourth-order valence-electron chi connectivity index (χ4n) is 3.97. The number of hydrogen-bond acceptors (Lipinski definition) is 8. The molecule has 2 aromatic heterocycles. The number of aromatic nitrogens is 1. The second-order valence-electron chi connectivity index (χ2n) is 8.27. The van der Waals surface area contributed by atoms with E-state index in [0.717, 1.165) is 22.5 Å². The molecule has 0 unspecified atom stereocenters. The molecule has 180 valence electrons. The molecule has 3 aromatic rings. The van der Waals surface area contributed by atoms with Gasteiger partial charge in [0.15, 0.2) is 0 Å². The van der Waals surface area contributed by atoms with Crippen molar-refractivity contribution < 1.29 is 14.3 Å². The van der Waals surface area contributed by atoms with Crippen LogP contribution in [0.2, 0.25) is 0 Å². The van der Waals surface area contributed by atoms with Crippen molar-refractivity contribution in [3.63, 3.8) is 0 Å². The molecule has 1 fully saturated rings. The molecule has 1 saturated heterocycles. The SMILES string of the molecule is CCOC(=O)c1c(-c2ccc(C)cc2)csc1NC(=O)CN1CCN(c2cc(C#N)ccn2)CC1. The number of nitrogens with one attached hydrogen (secondary N) is 1. The van der Waals surface area contributed by atoms with Crippen LogP contribution in [-0.4, -0.2) is 61.1 Å². The van der Waals surface area contributed by atoms with Gasteiger partial charge in [-0.25, -0.2) is 9.78 Å². The van der Waals surface area contributed by atoms with E-state index in [2.05, 4.69) is 26.2 Å². The van der Waals surface area contributed by atoms with Gasteiger partial charge in [0.2, 0.25) is 5.91 Å². The van der Waals surface area contributed by atoms with Gasteiger partial charge in [-0.1, -0.05) is 29.8 Å². The predicted octanol–water partition coefficient (Wildman–Crippen LogP) is 3.93. The molecular formula is C26H27N5O3S. The third-order valence-electron chi connectivity index (χ3n) is 5.82. The van der Waals surface area contributed by atoms with Crippen molar-refractivity contribution in [3.05, 3.63) is 64.7 Å². The van der Waals surface area contributed by atoms with Crippen LogP contribution in [-0.2, 0) is 9.53 Å². The number of piperazine rings is 1. The molecule has 0 aliphatic carbocycles. The van der Waals surface area contributed by atoms with Gasteiger partial charge >= 0.3 is 5.97 Å². The number of nitrogens with zero attached hydrogens (tertiary/aromatic N) is 4. The second kappa shape index (κ2) is 11.1. The Morgan fingerprint density at radius 3 is 2.60 bits per heavy atom. The zero-order chi connectivity index (χ0) is 24.8.